The number of aliphatic carboxylic acids is 1. The molecule has 3 fully saturated rings. The molecule has 3 aliphatic carbocycles. The van der Waals surface area contributed by atoms with Crippen LogP contribution in [0.1, 0.15) is 38.5 Å². The molecule has 2 bridgehead atoms. The summed E-state index contributed by atoms with van der Waals surface area (Å²) in [7, 11) is 0. The van der Waals surface area contributed by atoms with Crippen molar-refractivity contribution in [1.29, 1.82) is 0 Å². The van der Waals surface area contributed by atoms with Crippen LogP contribution in [-0.4, -0.2) is 11.1 Å². The zero-order valence-corrected chi connectivity index (χ0v) is 7.83. The van der Waals surface area contributed by atoms with E-state index in [0.29, 0.717) is 11.8 Å². The lowest BCUT2D eigenvalue weighted by atomic mass is 9.68. The minimum atomic E-state index is -0.484. The Morgan fingerprint density at radius 2 is 2.15 bits per heavy atom. The maximum Gasteiger partial charge on any atom is 0.310 e. The number of hydrogen-bond donors (Lipinski definition) is 1. The number of carbonyl (C=O) groups is 1. The molecule has 0 amide bonds. The van der Waals surface area contributed by atoms with Gasteiger partial charge in [0.25, 0.3) is 0 Å². The van der Waals surface area contributed by atoms with Gasteiger partial charge >= 0.3 is 5.97 Å². The van der Waals surface area contributed by atoms with Gasteiger partial charge in [-0.2, -0.15) is 0 Å². The average Bonchev–Trinajstić information content (AvgIpc) is 2.76. The fourth-order valence-electron chi connectivity index (χ4n) is 4.51. The molecule has 72 valence electrons. The summed E-state index contributed by atoms with van der Waals surface area (Å²) >= 11 is 0. The summed E-state index contributed by atoms with van der Waals surface area (Å²) < 4.78 is 0. The SMILES string of the molecule is O=C(O)[C@@]12CCC[C@H]1[C@@H]1CC[C@H]2C1. The van der Waals surface area contributed by atoms with Crippen LogP contribution in [0.15, 0.2) is 0 Å². The van der Waals surface area contributed by atoms with Gasteiger partial charge in [-0.25, -0.2) is 0 Å². The van der Waals surface area contributed by atoms with Gasteiger partial charge in [-0.1, -0.05) is 6.42 Å². The zero-order chi connectivity index (χ0) is 9.05. The molecule has 0 unspecified atom stereocenters. The summed E-state index contributed by atoms with van der Waals surface area (Å²) in [6.07, 6.45) is 7.03. The highest BCUT2D eigenvalue weighted by Crippen LogP contribution is 2.66. The molecule has 1 N–H and O–H groups in total. The molecule has 0 heterocycles. The molecule has 4 atom stereocenters. The van der Waals surface area contributed by atoms with Gasteiger partial charge in [0.05, 0.1) is 5.41 Å². The predicted molar refractivity (Wildman–Crippen MR) is 48.2 cm³/mol. The number of carboxylic acid groups (broad SMARTS) is 1. The van der Waals surface area contributed by atoms with Crippen LogP contribution in [-0.2, 0) is 4.79 Å². The Labute approximate surface area is 78.3 Å². The molecule has 13 heavy (non-hydrogen) atoms. The molecule has 0 aromatic carbocycles. The lowest BCUT2D eigenvalue weighted by Gasteiger charge is -2.35. The molecular formula is C11H16O2. The van der Waals surface area contributed by atoms with E-state index >= 15 is 0 Å². The van der Waals surface area contributed by atoms with Crippen molar-refractivity contribution < 1.29 is 9.90 Å². The van der Waals surface area contributed by atoms with Crippen molar-refractivity contribution in [2.45, 2.75) is 38.5 Å². The molecular weight excluding hydrogens is 164 g/mol. The van der Waals surface area contributed by atoms with Crippen molar-refractivity contribution in [3.05, 3.63) is 0 Å². The van der Waals surface area contributed by atoms with Gasteiger partial charge in [0.2, 0.25) is 0 Å². The largest absolute Gasteiger partial charge is 0.481 e. The van der Waals surface area contributed by atoms with Crippen LogP contribution in [0.25, 0.3) is 0 Å². The summed E-state index contributed by atoms with van der Waals surface area (Å²) in [5.41, 5.74) is -0.261. The van der Waals surface area contributed by atoms with Gasteiger partial charge in [0.15, 0.2) is 0 Å². The van der Waals surface area contributed by atoms with Crippen molar-refractivity contribution in [3.8, 4) is 0 Å². The van der Waals surface area contributed by atoms with Crippen LogP contribution in [0.5, 0.6) is 0 Å². The fraction of sp³-hybridized carbons (Fsp3) is 0.909. The summed E-state index contributed by atoms with van der Waals surface area (Å²) in [5, 5.41) is 9.40. The highest BCUT2D eigenvalue weighted by Gasteiger charge is 2.63. The third-order valence-corrected chi connectivity index (χ3v) is 4.94. The van der Waals surface area contributed by atoms with E-state index in [1.54, 1.807) is 0 Å². The molecule has 3 aliphatic rings. The highest BCUT2D eigenvalue weighted by molar-refractivity contribution is 5.77. The third-order valence-electron chi connectivity index (χ3n) is 4.94. The lowest BCUT2D eigenvalue weighted by molar-refractivity contribution is -0.154. The minimum Gasteiger partial charge on any atom is -0.481 e. The normalized spacial score (nSPS) is 52.5. The van der Waals surface area contributed by atoms with Gasteiger partial charge in [0.1, 0.15) is 0 Å². The van der Waals surface area contributed by atoms with Crippen molar-refractivity contribution in [2.75, 3.05) is 0 Å². The van der Waals surface area contributed by atoms with E-state index in [1.807, 2.05) is 0 Å². The molecule has 0 radical (unpaired) electrons. The third kappa shape index (κ3) is 0.733. The second-order valence-corrected chi connectivity index (χ2v) is 5.11. The van der Waals surface area contributed by atoms with Gasteiger partial charge in [-0.3, -0.25) is 4.79 Å². The predicted octanol–water partition coefficient (Wildman–Crippen LogP) is 2.29. The zero-order valence-electron chi connectivity index (χ0n) is 7.83. The Hall–Kier alpha value is -0.530. The first kappa shape index (κ1) is 7.84. The molecule has 2 nitrogen and oxygen atoms in total. The Morgan fingerprint density at radius 1 is 1.31 bits per heavy atom. The maximum absolute atomic E-state index is 11.4. The number of hydrogen-bond acceptors (Lipinski definition) is 1. The van der Waals surface area contributed by atoms with Crippen molar-refractivity contribution in [3.63, 3.8) is 0 Å². The molecule has 0 aromatic heterocycles. The number of carboxylic acids is 1. The standard InChI is InChI=1S/C11H16O2/c12-10(13)11-5-1-2-9(11)7-3-4-8(11)6-7/h7-9H,1-6H2,(H,12,13)/t7-,8+,9+,11-/m1/s1. The van der Waals surface area contributed by atoms with Crippen LogP contribution in [0.4, 0.5) is 0 Å². The van der Waals surface area contributed by atoms with Crippen LogP contribution in [0.3, 0.4) is 0 Å². The van der Waals surface area contributed by atoms with Gasteiger partial charge in [-0.15, -0.1) is 0 Å². The van der Waals surface area contributed by atoms with E-state index < -0.39 is 5.97 Å². The summed E-state index contributed by atoms with van der Waals surface area (Å²) in [4.78, 5) is 11.4. The van der Waals surface area contributed by atoms with Gasteiger partial charge in [0, 0.05) is 0 Å². The first-order valence-corrected chi connectivity index (χ1v) is 5.48. The first-order chi connectivity index (χ1) is 6.25. The Balaban J connectivity index is 2.04. The van der Waals surface area contributed by atoms with Crippen LogP contribution >= 0.6 is 0 Å². The van der Waals surface area contributed by atoms with E-state index in [9.17, 15) is 9.90 Å². The van der Waals surface area contributed by atoms with Crippen molar-refractivity contribution in [1.82, 2.24) is 0 Å². The van der Waals surface area contributed by atoms with Crippen LogP contribution < -0.4 is 0 Å². The first-order valence-electron chi connectivity index (χ1n) is 5.48. The molecule has 0 spiro atoms. The summed E-state index contributed by atoms with van der Waals surface area (Å²) in [6, 6.07) is 0. The van der Waals surface area contributed by atoms with E-state index in [0.717, 1.165) is 18.8 Å². The number of fused-ring (bicyclic) bond motifs is 5. The lowest BCUT2D eigenvalue weighted by Crippen LogP contribution is -2.39. The average molecular weight is 180 g/mol. The molecule has 0 saturated heterocycles. The summed E-state index contributed by atoms with van der Waals surface area (Å²) in [6.45, 7) is 0. The second-order valence-electron chi connectivity index (χ2n) is 5.11. The van der Waals surface area contributed by atoms with E-state index in [4.69, 9.17) is 0 Å². The smallest absolute Gasteiger partial charge is 0.310 e. The Kier molecular flexibility index (Phi) is 1.38. The number of rotatable bonds is 1. The Bertz CT molecular complexity index is 261. The molecule has 3 rings (SSSR count). The van der Waals surface area contributed by atoms with Crippen molar-refractivity contribution >= 4 is 5.97 Å². The minimum absolute atomic E-state index is 0.261. The van der Waals surface area contributed by atoms with Gasteiger partial charge in [-0.05, 0) is 49.9 Å². The Morgan fingerprint density at radius 3 is 2.85 bits per heavy atom. The summed E-state index contributed by atoms with van der Waals surface area (Å²) in [5.74, 6) is 1.36. The second kappa shape index (κ2) is 2.28. The van der Waals surface area contributed by atoms with Crippen molar-refractivity contribution in [2.24, 2.45) is 23.2 Å². The maximum atomic E-state index is 11.4. The molecule has 0 aliphatic heterocycles. The van der Waals surface area contributed by atoms with E-state index in [2.05, 4.69) is 0 Å². The highest BCUT2D eigenvalue weighted by atomic mass is 16.4. The topological polar surface area (TPSA) is 37.3 Å². The fourth-order valence-corrected chi connectivity index (χ4v) is 4.51. The quantitative estimate of drug-likeness (QED) is 0.672. The molecule has 0 aromatic rings. The van der Waals surface area contributed by atoms with E-state index in [-0.39, 0.29) is 5.41 Å². The van der Waals surface area contributed by atoms with Crippen LogP contribution in [0, 0.1) is 23.2 Å². The molecule has 3 saturated carbocycles. The van der Waals surface area contributed by atoms with Gasteiger partial charge < -0.3 is 5.11 Å². The van der Waals surface area contributed by atoms with Crippen LogP contribution in [0.2, 0.25) is 0 Å². The monoisotopic (exact) mass is 180 g/mol. The van der Waals surface area contributed by atoms with E-state index in [1.165, 1.54) is 25.7 Å². The molecule has 2 heteroatoms.